The Hall–Kier alpha value is -1.43. The Labute approximate surface area is 171 Å². The van der Waals surface area contributed by atoms with Crippen LogP contribution in [0.5, 0.6) is 5.75 Å². The Bertz CT molecular complexity index is 805. The van der Waals surface area contributed by atoms with Crippen molar-refractivity contribution in [3.8, 4) is 5.75 Å². The average Bonchev–Trinajstić information content (AvgIpc) is 3.30. The molecule has 2 aliphatic carbocycles. The molecular weight excluding hydrogens is 370 g/mol. The molecule has 5 atom stereocenters. The molecule has 0 aliphatic heterocycles. The molecule has 2 saturated carbocycles. The van der Waals surface area contributed by atoms with Gasteiger partial charge in [-0.15, -0.1) is 11.3 Å². The Morgan fingerprint density at radius 3 is 2.86 bits per heavy atom. The van der Waals surface area contributed by atoms with Gasteiger partial charge in [0.1, 0.15) is 5.75 Å². The van der Waals surface area contributed by atoms with Crippen LogP contribution in [0.3, 0.4) is 0 Å². The van der Waals surface area contributed by atoms with Crippen LogP contribution < -0.4 is 4.74 Å². The van der Waals surface area contributed by atoms with E-state index in [4.69, 9.17) is 4.74 Å². The fourth-order valence-electron chi connectivity index (χ4n) is 5.25. The number of aliphatic hydroxyl groups is 2. The van der Waals surface area contributed by atoms with Crippen LogP contribution in [0.15, 0.2) is 23.6 Å². The number of nitrogens with zero attached hydrogens (tertiary/aromatic N) is 1. The second-order valence-electron chi connectivity index (χ2n) is 8.49. The van der Waals surface area contributed by atoms with Gasteiger partial charge in [0.25, 0.3) is 0 Å². The third-order valence-corrected chi connectivity index (χ3v) is 7.91. The maximum atomic E-state index is 10.7. The zero-order chi connectivity index (χ0) is 19.7. The fraction of sp³-hybridized carbons (Fsp3) is 0.609. The van der Waals surface area contributed by atoms with E-state index in [-0.39, 0.29) is 18.6 Å². The number of rotatable bonds is 6. The lowest BCUT2D eigenvalue weighted by atomic mass is 9.73. The third kappa shape index (κ3) is 3.98. The molecule has 0 bridgehead atoms. The van der Waals surface area contributed by atoms with Gasteiger partial charge in [0.15, 0.2) is 0 Å². The molecule has 0 radical (unpaired) electrons. The molecule has 2 N–H and O–H groups in total. The summed E-state index contributed by atoms with van der Waals surface area (Å²) in [6.07, 6.45) is 4.96. The smallest absolute Gasteiger partial charge is 0.119 e. The van der Waals surface area contributed by atoms with Crippen molar-refractivity contribution >= 4 is 11.3 Å². The van der Waals surface area contributed by atoms with Crippen LogP contribution in [-0.4, -0.2) is 27.9 Å². The number of aliphatic hydroxyl groups excluding tert-OH is 2. The van der Waals surface area contributed by atoms with E-state index < -0.39 is 0 Å². The van der Waals surface area contributed by atoms with Gasteiger partial charge < -0.3 is 14.9 Å². The van der Waals surface area contributed by atoms with Gasteiger partial charge in [-0.25, -0.2) is 4.98 Å². The van der Waals surface area contributed by atoms with E-state index in [1.807, 2.05) is 11.4 Å². The van der Waals surface area contributed by atoms with E-state index in [1.54, 1.807) is 11.3 Å². The van der Waals surface area contributed by atoms with Gasteiger partial charge in [-0.3, -0.25) is 0 Å². The topological polar surface area (TPSA) is 62.6 Å². The van der Waals surface area contributed by atoms with E-state index in [0.717, 1.165) is 48.6 Å². The average molecular weight is 402 g/mol. The lowest BCUT2D eigenvalue weighted by Gasteiger charge is -2.33. The summed E-state index contributed by atoms with van der Waals surface area (Å²) in [5.41, 5.74) is 3.42. The number of hydrogen-bond donors (Lipinski definition) is 2. The van der Waals surface area contributed by atoms with E-state index in [0.29, 0.717) is 24.4 Å². The summed E-state index contributed by atoms with van der Waals surface area (Å²) in [4.78, 5) is 4.59. The molecule has 5 heteroatoms. The standard InChI is InChI=1S/C23H31NO3S/c1-3-15-9-19(6-4-14(15)2)27-12-21-20-7-5-16(8-17(20)10-22(21)26)23-24-18(11-25)13-28-23/h4,6,9,13,16-17,20-22,25-26H,3,5,7-8,10-12H2,1-2H3/t16-,17-,20-,21+,22-/m0/s1. The highest BCUT2D eigenvalue weighted by molar-refractivity contribution is 7.09. The maximum absolute atomic E-state index is 10.7. The van der Waals surface area contributed by atoms with E-state index in [1.165, 1.54) is 11.1 Å². The van der Waals surface area contributed by atoms with Crippen LogP contribution in [0.25, 0.3) is 0 Å². The van der Waals surface area contributed by atoms with E-state index >= 15 is 0 Å². The number of fused-ring (bicyclic) bond motifs is 1. The molecule has 2 aromatic rings. The Kier molecular flexibility index (Phi) is 6.04. The number of ether oxygens (including phenoxy) is 1. The van der Waals surface area contributed by atoms with Crippen molar-refractivity contribution in [1.82, 2.24) is 4.98 Å². The predicted octanol–water partition coefficient (Wildman–Crippen LogP) is 4.47. The van der Waals surface area contributed by atoms with Gasteiger partial charge in [0.05, 0.1) is 30.0 Å². The predicted molar refractivity (Wildman–Crippen MR) is 112 cm³/mol. The summed E-state index contributed by atoms with van der Waals surface area (Å²) in [5.74, 6) is 2.71. The minimum atomic E-state index is -0.269. The number of aromatic nitrogens is 1. The second kappa shape index (κ2) is 8.52. The number of hydrogen-bond acceptors (Lipinski definition) is 5. The van der Waals surface area contributed by atoms with Crippen LogP contribution in [0.2, 0.25) is 0 Å². The first-order valence-electron chi connectivity index (χ1n) is 10.5. The van der Waals surface area contributed by atoms with Crippen LogP contribution in [-0.2, 0) is 13.0 Å². The normalized spacial score (nSPS) is 29.6. The fourth-order valence-corrected chi connectivity index (χ4v) is 6.21. The van der Waals surface area contributed by atoms with Crippen molar-refractivity contribution in [1.29, 1.82) is 0 Å². The SMILES string of the molecule is CCc1cc(OC[C@@H]2[C@H]3CC[C@H](c4nc(CO)cs4)C[C@H]3C[C@@H]2O)ccc1C. The second-order valence-corrected chi connectivity index (χ2v) is 9.38. The molecule has 4 nitrogen and oxygen atoms in total. The van der Waals surface area contributed by atoms with Crippen LogP contribution in [0.1, 0.15) is 60.4 Å². The first kappa shape index (κ1) is 19.9. The molecule has 152 valence electrons. The molecule has 1 heterocycles. The summed E-state index contributed by atoms with van der Waals surface area (Å²) in [6.45, 7) is 4.93. The van der Waals surface area contributed by atoms with Crippen molar-refractivity contribution in [2.45, 2.75) is 64.6 Å². The minimum Gasteiger partial charge on any atom is -0.493 e. The maximum Gasteiger partial charge on any atom is 0.119 e. The summed E-state index contributed by atoms with van der Waals surface area (Å²) in [7, 11) is 0. The van der Waals surface area contributed by atoms with Gasteiger partial charge in [0.2, 0.25) is 0 Å². The molecule has 4 rings (SSSR count). The van der Waals surface area contributed by atoms with Crippen molar-refractivity contribution in [3.63, 3.8) is 0 Å². The molecule has 2 fully saturated rings. The monoisotopic (exact) mass is 401 g/mol. The largest absolute Gasteiger partial charge is 0.493 e. The van der Waals surface area contributed by atoms with Gasteiger partial charge in [-0.2, -0.15) is 0 Å². The Morgan fingerprint density at radius 2 is 2.11 bits per heavy atom. The molecular formula is C23H31NO3S. The number of thiazole rings is 1. The third-order valence-electron chi connectivity index (χ3n) is 6.85. The quantitative estimate of drug-likeness (QED) is 0.750. The Morgan fingerprint density at radius 1 is 1.25 bits per heavy atom. The summed E-state index contributed by atoms with van der Waals surface area (Å²) in [5, 5.41) is 23.1. The number of aryl methyl sites for hydroxylation is 2. The number of benzene rings is 1. The minimum absolute atomic E-state index is 0.0200. The highest BCUT2D eigenvalue weighted by Gasteiger charge is 2.46. The highest BCUT2D eigenvalue weighted by Crippen LogP contribution is 2.50. The summed E-state index contributed by atoms with van der Waals surface area (Å²) < 4.78 is 6.14. The van der Waals surface area contributed by atoms with Crippen LogP contribution in [0, 0.1) is 24.7 Å². The molecule has 0 unspecified atom stereocenters. The first-order valence-corrected chi connectivity index (χ1v) is 11.4. The lowest BCUT2D eigenvalue weighted by molar-refractivity contribution is 0.0740. The lowest BCUT2D eigenvalue weighted by Crippen LogP contribution is -2.29. The zero-order valence-corrected chi connectivity index (χ0v) is 17.6. The van der Waals surface area contributed by atoms with E-state index in [2.05, 4.69) is 31.0 Å². The van der Waals surface area contributed by atoms with Gasteiger partial charge in [-0.05, 0) is 74.1 Å². The molecule has 2 aliphatic rings. The van der Waals surface area contributed by atoms with Gasteiger partial charge >= 0.3 is 0 Å². The van der Waals surface area contributed by atoms with E-state index in [9.17, 15) is 10.2 Å². The van der Waals surface area contributed by atoms with Crippen LogP contribution >= 0.6 is 11.3 Å². The Balaban J connectivity index is 1.38. The highest BCUT2D eigenvalue weighted by atomic mass is 32.1. The molecule has 0 amide bonds. The molecule has 1 aromatic heterocycles. The van der Waals surface area contributed by atoms with Crippen molar-refractivity contribution in [2.24, 2.45) is 17.8 Å². The van der Waals surface area contributed by atoms with Crippen molar-refractivity contribution in [3.05, 3.63) is 45.4 Å². The van der Waals surface area contributed by atoms with Gasteiger partial charge in [-0.1, -0.05) is 13.0 Å². The molecule has 0 spiro atoms. The van der Waals surface area contributed by atoms with Gasteiger partial charge in [0, 0.05) is 17.2 Å². The zero-order valence-electron chi connectivity index (χ0n) is 16.8. The first-order chi connectivity index (χ1) is 13.6. The van der Waals surface area contributed by atoms with Crippen LogP contribution in [0.4, 0.5) is 0 Å². The van der Waals surface area contributed by atoms with Crippen molar-refractivity contribution in [2.75, 3.05) is 6.61 Å². The molecule has 1 aromatic carbocycles. The molecule has 0 saturated heterocycles. The molecule has 28 heavy (non-hydrogen) atoms. The summed E-state index contributed by atoms with van der Waals surface area (Å²) >= 11 is 1.67. The van der Waals surface area contributed by atoms with Crippen molar-refractivity contribution < 1.29 is 14.9 Å². The summed E-state index contributed by atoms with van der Waals surface area (Å²) in [6, 6.07) is 6.32.